The van der Waals surface area contributed by atoms with E-state index in [9.17, 15) is 4.39 Å². The molecular weight excluding hydrogens is 340 g/mol. The second-order valence-corrected chi connectivity index (χ2v) is 5.42. The predicted octanol–water partition coefficient (Wildman–Crippen LogP) is 5.51. The fourth-order valence-corrected chi connectivity index (χ4v) is 2.35. The summed E-state index contributed by atoms with van der Waals surface area (Å²) in [5, 5.41) is 3.92. The van der Waals surface area contributed by atoms with E-state index >= 15 is 0 Å². The number of anilines is 1. The van der Waals surface area contributed by atoms with Crippen molar-refractivity contribution in [2.45, 2.75) is 6.54 Å². The topological polar surface area (TPSA) is 12.0 Å². The Bertz CT molecular complexity index is 555. The first kappa shape index (κ1) is 13.7. The molecule has 0 spiro atoms. The molecule has 0 aliphatic heterocycles. The average Bonchev–Trinajstić information content (AvgIpc) is 2.33. The van der Waals surface area contributed by atoms with Crippen LogP contribution >= 0.6 is 39.1 Å². The molecule has 0 saturated heterocycles. The van der Waals surface area contributed by atoms with Gasteiger partial charge in [-0.3, -0.25) is 0 Å². The highest BCUT2D eigenvalue weighted by Crippen LogP contribution is 2.27. The summed E-state index contributed by atoms with van der Waals surface area (Å²) >= 11 is 15.3. The third kappa shape index (κ3) is 3.16. The van der Waals surface area contributed by atoms with Crippen molar-refractivity contribution >= 4 is 44.8 Å². The zero-order chi connectivity index (χ0) is 13.1. The molecule has 0 unspecified atom stereocenters. The number of rotatable bonds is 3. The van der Waals surface area contributed by atoms with Crippen molar-refractivity contribution in [3.63, 3.8) is 0 Å². The maximum Gasteiger partial charge on any atom is 0.147 e. The van der Waals surface area contributed by atoms with Gasteiger partial charge in [-0.15, -0.1) is 0 Å². The smallest absolute Gasteiger partial charge is 0.147 e. The fraction of sp³-hybridized carbons (Fsp3) is 0.0769. The van der Waals surface area contributed by atoms with E-state index in [2.05, 4.69) is 21.2 Å². The fourth-order valence-electron chi connectivity index (χ4n) is 1.53. The zero-order valence-electron chi connectivity index (χ0n) is 9.18. The van der Waals surface area contributed by atoms with E-state index in [4.69, 9.17) is 23.2 Å². The van der Waals surface area contributed by atoms with E-state index in [0.29, 0.717) is 16.6 Å². The van der Waals surface area contributed by atoms with Crippen LogP contribution in [0.3, 0.4) is 0 Å². The lowest BCUT2D eigenvalue weighted by Crippen LogP contribution is -2.02. The van der Waals surface area contributed by atoms with Gasteiger partial charge < -0.3 is 5.32 Å². The van der Waals surface area contributed by atoms with Gasteiger partial charge in [-0.25, -0.2) is 4.39 Å². The molecule has 0 aliphatic carbocycles. The molecule has 1 nitrogen and oxygen atoms in total. The molecule has 0 aliphatic rings. The lowest BCUT2D eigenvalue weighted by atomic mass is 10.2. The number of para-hydroxylation sites is 1. The molecule has 94 valence electrons. The van der Waals surface area contributed by atoms with E-state index in [1.807, 2.05) is 12.1 Å². The Hall–Kier alpha value is -0.770. The SMILES string of the molecule is Fc1cccc(Cl)c1NCc1cc(Br)ccc1Cl. The largest absolute Gasteiger partial charge is 0.377 e. The van der Waals surface area contributed by atoms with Crippen molar-refractivity contribution in [2.24, 2.45) is 0 Å². The van der Waals surface area contributed by atoms with Gasteiger partial charge in [-0.05, 0) is 35.9 Å². The lowest BCUT2D eigenvalue weighted by Gasteiger charge is -2.10. The Morgan fingerprint density at radius 1 is 1.11 bits per heavy atom. The maximum atomic E-state index is 13.5. The van der Waals surface area contributed by atoms with Gasteiger partial charge in [-0.1, -0.05) is 45.2 Å². The molecule has 5 heteroatoms. The molecule has 18 heavy (non-hydrogen) atoms. The Kier molecular flexibility index (Phi) is 4.49. The maximum absolute atomic E-state index is 13.5. The molecule has 0 aromatic heterocycles. The number of hydrogen-bond donors (Lipinski definition) is 1. The summed E-state index contributed by atoms with van der Waals surface area (Å²) in [6, 6.07) is 10.1. The summed E-state index contributed by atoms with van der Waals surface area (Å²) in [4.78, 5) is 0. The molecule has 2 aromatic rings. The Balaban J connectivity index is 2.19. The molecular formula is C13H9BrCl2FN. The second kappa shape index (κ2) is 5.91. The first-order chi connectivity index (χ1) is 8.58. The Labute approximate surface area is 123 Å². The first-order valence-electron chi connectivity index (χ1n) is 5.20. The minimum atomic E-state index is -0.381. The van der Waals surface area contributed by atoms with Gasteiger partial charge >= 0.3 is 0 Å². The second-order valence-electron chi connectivity index (χ2n) is 3.69. The summed E-state index contributed by atoms with van der Waals surface area (Å²) < 4.78 is 14.5. The van der Waals surface area contributed by atoms with E-state index < -0.39 is 0 Å². The third-order valence-electron chi connectivity index (χ3n) is 2.43. The molecule has 0 saturated carbocycles. The number of hydrogen-bond acceptors (Lipinski definition) is 1. The zero-order valence-corrected chi connectivity index (χ0v) is 12.3. The van der Waals surface area contributed by atoms with Gasteiger partial charge in [0.15, 0.2) is 0 Å². The van der Waals surface area contributed by atoms with Crippen molar-refractivity contribution in [1.29, 1.82) is 0 Å². The predicted molar refractivity (Wildman–Crippen MR) is 77.9 cm³/mol. The van der Waals surface area contributed by atoms with Crippen LogP contribution in [0.2, 0.25) is 10.0 Å². The number of halogens is 4. The van der Waals surface area contributed by atoms with Crippen LogP contribution < -0.4 is 5.32 Å². The van der Waals surface area contributed by atoms with Crippen LogP contribution in [-0.2, 0) is 6.54 Å². The van der Waals surface area contributed by atoms with Crippen molar-refractivity contribution in [3.8, 4) is 0 Å². The van der Waals surface area contributed by atoms with Gasteiger partial charge in [0.05, 0.1) is 10.7 Å². The van der Waals surface area contributed by atoms with E-state index in [1.165, 1.54) is 6.07 Å². The minimum Gasteiger partial charge on any atom is -0.377 e. The van der Waals surface area contributed by atoms with Crippen LogP contribution in [0.15, 0.2) is 40.9 Å². The monoisotopic (exact) mass is 347 g/mol. The molecule has 0 bridgehead atoms. The highest BCUT2D eigenvalue weighted by molar-refractivity contribution is 9.10. The van der Waals surface area contributed by atoms with E-state index in [1.54, 1.807) is 18.2 Å². The van der Waals surface area contributed by atoms with Gasteiger partial charge in [-0.2, -0.15) is 0 Å². The summed E-state index contributed by atoms with van der Waals surface area (Å²) in [5.74, 6) is -0.381. The summed E-state index contributed by atoms with van der Waals surface area (Å²) in [6.07, 6.45) is 0. The van der Waals surface area contributed by atoms with E-state index in [-0.39, 0.29) is 11.5 Å². The molecule has 1 N–H and O–H groups in total. The minimum absolute atomic E-state index is 0.287. The van der Waals surface area contributed by atoms with Crippen molar-refractivity contribution in [2.75, 3.05) is 5.32 Å². The summed E-state index contributed by atoms with van der Waals surface area (Å²) in [7, 11) is 0. The Morgan fingerprint density at radius 3 is 2.61 bits per heavy atom. The van der Waals surface area contributed by atoms with Crippen molar-refractivity contribution in [1.82, 2.24) is 0 Å². The van der Waals surface area contributed by atoms with Gasteiger partial charge in [0.25, 0.3) is 0 Å². The van der Waals surface area contributed by atoms with Gasteiger partial charge in [0.2, 0.25) is 0 Å². The van der Waals surface area contributed by atoms with Crippen LogP contribution in [0, 0.1) is 5.82 Å². The van der Waals surface area contributed by atoms with Crippen LogP contribution in [-0.4, -0.2) is 0 Å². The third-order valence-corrected chi connectivity index (χ3v) is 3.60. The molecule has 0 amide bonds. The van der Waals surface area contributed by atoms with Crippen LogP contribution in [0.25, 0.3) is 0 Å². The molecule has 0 atom stereocenters. The highest BCUT2D eigenvalue weighted by atomic mass is 79.9. The standard InChI is InChI=1S/C13H9BrCl2FN/c14-9-4-5-10(15)8(6-9)7-18-13-11(16)2-1-3-12(13)17/h1-6,18H,7H2. The van der Waals surface area contributed by atoms with E-state index in [0.717, 1.165) is 10.0 Å². The number of benzene rings is 2. The molecule has 2 rings (SSSR count). The average molecular weight is 349 g/mol. The summed E-state index contributed by atoms with van der Waals surface area (Å²) in [5.41, 5.74) is 1.15. The molecule has 0 fully saturated rings. The van der Waals surface area contributed by atoms with Gasteiger partial charge in [0, 0.05) is 16.0 Å². The quantitative estimate of drug-likeness (QED) is 0.771. The first-order valence-corrected chi connectivity index (χ1v) is 6.74. The number of nitrogens with one attached hydrogen (secondary N) is 1. The van der Waals surface area contributed by atoms with Crippen LogP contribution in [0.5, 0.6) is 0 Å². The summed E-state index contributed by atoms with van der Waals surface area (Å²) in [6.45, 7) is 0.402. The molecule has 0 heterocycles. The normalized spacial score (nSPS) is 10.4. The Morgan fingerprint density at radius 2 is 1.89 bits per heavy atom. The van der Waals surface area contributed by atoms with Crippen LogP contribution in [0.4, 0.5) is 10.1 Å². The molecule has 0 radical (unpaired) electrons. The highest BCUT2D eigenvalue weighted by Gasteiger charge is 2.07. The molecule has 2 aromatic carbocycles. The van der Waals surface area contributed by atoms with Gasteiger partial charge in [0.1, 0.15) is 5.82 Å². The lowest BCUT2D eigenvalue weighted by molar-refractivity contribution is 0.630. The van der Waals surface area contributed by atoms with Crippen LogP contribution in [0.1, 0.15) is 5.56 Å². The van der Waals surface area contributed by atoms with Crippen molar-refractivity contribution < 1.29 is 4.39 Å². The van der Waals surface area contributed by atoms with Crippen molar-refractivity contribution in [3.05, 3.63) is 62.3 Å².